The van der Waals surface area contributed by atoms with E-state index in [1.54, 1.807) is 17.0 Å². The Morgan fingerprint density at radius 3 is 2.84 bits per heavy atom. The standard InChI is InChI=1S/C14H20FN3O/c1-10-9-17(2)13(6-7-16)14(19)18(10)12-5-3-4-11(15)8-12/h3-5,8,10,13H,6-7,9,16H2,1-2H3. The predicted octanol–water partition coefficient (Wildman–Crippen LogP) is 1.21. The fraction of sp³-hybridized carbons (Fsp3) is 0.500. The monoisotopic (exact) mass is 265 g/mol. The third kappa shape index (κ3) is 2.77. The molecule has 1 aromatic rings. The van der Waals surface area contributed by atoms with Crippen molar-refractivity contribution in [2.75, 3.05) is 25.0 Å². The number of hydrogen-bond acceptors (Lipinski definition) is 3. The Hall–Kier alpha value is -1.46. The molecule has 2 unspecified atom stereocenters. The summed E-state index contributed by atoms with van der Waals surface area (Å²) < 4.78 is 13.3. The Kier molecular flexibility index (Phi) is 4.17. The maximum Gasteiger partial charge on any atom is 0.244 e. The summed E-state index contributed by atoms with van der Waals surface area (Å²) in [7, 11) is 1.93. The second-order valence-corrected chi connectivity index (χ2v) is 5.07. The molecule has 2 rings (SSSR count). The summed E-state index contributed by atoms with van der Waals surface area (Å²) in [6.45, 7) is 3.19. The SMILES string of the molecule is CC1CN(C)C(CCN)C(=O)N1c1cccc(F)c1. The molecule has 0 spiro atoms. The number of benzene rings is 1. The van der Waals surface area contributed by atoms with Gasteiger partial charge in [-0.3, -0.25) is 9.69 Å². The van der Waals surface area contributed by atoms with E-state index in [0.29, 0.717) is 18.7 Å². The predicted molar refractivity (Wildman–Crippen MR) is 73.4 cm³/mol. The number of carbonyl (C=O) groups is 1. The van der Waals surface area contributed by atoms with Crippen LogP contribution >= 0.6 is 0 Å². The summed E-state index contributed by atoms with van der Waals surface area (Å²) in [5.74, 6) is -0.330. The van der Waals surface area contributed by atoms with Crippen LogP contribution in [0.25, 0.3) is 0 Å². The molecule has 0 aliphatic carbocycles. The van der Waals surface area contributed by atoms with Crippen molar-refractivity contribution in [3.63, 3.8) is 0 Å². The number of rotatable bonds is 3. The lowest BCUT2D eigenvalue weighted by atomic mass is 10.0. The van der Waals surface area contributed by atoms with Gasteiger partial charge in [0.05, 0.1) is 6.04 Å². The molecule has 0 bridgehead atoms. The molecule has 1 aliphatic heterocycles. The van der Waals surface area contributed by atoms with E-state index >= 15 is 0 Å². The van der Waals surface area contributed by atoms with Crippen molar-refractivity contribution in [3.8, 4) is 0 Å². The van der Waals surface area contributed by atoms with Gasteiger partial charge in [0.1, 0.15) is 5.82 Å². The van der Waals surface area contributed by atoms with Crippen molar-refractivity contribution < 1.29 is 9.18 Å². The van der Waals surface area contributed by atoms with Crippen molar-refractivity contribution in [3.05, 3.63) is 30.1 Å². The molecule has 1 aromatic carbocycles. The smallest absolute Gasteiger partial charge is 0.244 e. The maximum atomic E-state index is 13.3. The Balaban J connectivity index is 2.30. The van der Waals surface area contributed by atoms with Crippen LogP contribution in [0.1, 0.15) is 13.3 Å². The van der Waals surface area contributed by atoms with Crippen LogP contribution in [-0.2, 0) is 4.79 Å². The van der Waals surface area contributed by atoms with Gasteiger partial charge in [0.2, 0.25) is 5.91 Å². The van der Waals surface area contributed by atoms with E-state index in [9.17, 15) is 9.18 Å². The number of carbonyl (C=O) groups excluding carboxylic acids is 1. The molecular weight excluding hydrogens is 245 g/mol. The first kappa shape index (κ1) is 14.0. The molecule has 0 aromatic heterocycles. The van der Waals surface area contributed by atoms with Crippen molar-refractivity contribution >= 4 is 11.6 Å². The molecule has 19 heavy (non-hydrogen) atoms. The number of hydrogen-bond donors (Lipinski definition) is 1. The molecule has 0 saturated carbocycles. The maximum absolute atomic E-state index is 13.3. The molecule has 0 radical (unpaired) electrons. The van der Waals surface area contributed by atoms with Crippen LogP contribution < -0.4 is 10.6 Å². The lowest BCUT2D eigenvalue weighted by molar-refractivity contribution is -0.126. The van der Waals surface area contributed by atoms with Crippen molar-refractivity contribution in [2.24, 2.45) is 5.73 Å². The Labute approximate surface area is 113 Å². The molecule has 1 heterocycles. The zero-order valence-corrected chi connectivity index (χ0v) is 11.3. The van der Waals surface area contributed by atoms with Crippen LogP contribution in [0.15, 0.2) is 24.3 Å². The molecule has 4 nitrogen and oxygen atoms in total. The van der Waals surface area contributed by atoms with Gasteiger partial charge in [-0.15, -0.1) is 0 Å². The molecule has 2 N–H and O–H groups in total. The van der Waals surface area contributed by atoms with E-state index in [1.807, 2.05) is 18.9 Å². The van der Waals surface area contributed by atoms with E-state index < -0.39 is 0 Å². The Bertz CT molecular complexity index is 466. The summed E-state index contributed by atoms with van der Waals surface area (Å²) in [5.41, 5.74) is 6.19. The van der Waals surface area contributed by atoms with Gasteiger partial charge in [-0.1, -0.05) is 6.07 Å². The number of piperazine rings is 1. The molecule has 1 fully saturated rings. The molecular formula is C14H20FN3O. The zero-order valence-electron chi connectivity index (χ0n) is 11.3. The van der Waals surface area contributed by atoms with Crippen LogP contribution in [0.3, 0.4) is 0 Å². The number of nitrogens with zero attached hydrogens (tertiary/aromatic N) is 2. The van der Waals surface area contributed by atoms with Crippen molar-refractivity contribution in [2.45, 2.75) is 25.4 Å². The summed E-state index contributed by atoms with van der Waals surface area (Å²) in [6.07, 6.45) is 0.619. The quantitative estimate of drug-likeness (QED) is 0.893. The van der Waals surface area contributed by atoms with Crippen molar-refractivity contribution in [1.29, 1.82) is 0 Å². The molecule has 5 heteroatoms. The summed E-state index contributed by atoms with van der Waals surface area (Å²) in [4.78, 5) is 16.3. The first-order chi connectivity index (χ1) is 9.04. The van der Waals surface area contributed by atoms with E-state index in [0.717, 1.165) is 6.54 Å². The van der Waals surface area contributed by atoms with Crippen LogP contribution in [0.4, 0.5) is 10.1 Å². The normalized spacial score (nSPS) is 24.8. The topological polar surface area (TPSA) is 49.6 Å². The molecule has 1 amide bonds. The minimum Gasteiger partial charge on any atom is -0.330 e. The van der Waals surface area contributed by atoms with Gasteiger partial charge in [-0.05, 0) is 45.1 Å². The lowest BCUT2D eigenvalue weighted by Gasteiger charge is -2.43. The van der Waals surface area contributed by atoms with Crippen LogP contribution in [0.2, 0.25) is 0 Å². The van der Waals surface area contributed by atoms with Gasteiger partial charge < -0.3 is 10.6 Å². The van der Waals surface area contributed by atoms with Gasteiger partial charge in [0, 0.05) is 18.3 Å². The fourth-order valence-corrected chi connectivity index (χ4v) is 2.70. The highest BCUT2D eigenvalue weighted by atomic mass is 19.1. The van der Waals surface area contributed by atoms with Gasteiger partial charge in [-0.2, -0.15) is 0 Å². The average molecular weight is 265 g/mol. The van der Waals surface area contributed by atoms with E-state index in [-0.39, 0.29) is 23.8 Å². The van der Waals surface area contributed by atoms with E-state index in [1.165, 1.54) is 12.1 Å². The number of amides is 1. The minimum absolute atomic E-state index is 0.00250. The molecule has 104 valence electrons. The Morgan fingerprint density at radius 2 is 2.21 bits per heavy atom. The van der Waals surface area contributed by atoms with Gasteiger partial charge in [-0.25, -0.2) is 4.39 Å². The number of nitrogens with two attached hydrogens (primary N) is 1. The lowest BCUT2D eigenvalue weighted by Crippen LogP contribution is -2.60. The van der Waals surface area contributed by atoms with Crippen LogP contribution in [0, 0.1) is 5.82 Å². The third-order valence-electron chi connectivity index (χ3n) is 3.57. The molecule has 1 aliphatic rings. The highest BCUT2D eigenvalue weighted by Gasteiger charge is 2.36. The first-order valence-electron chi connectivity index (χ1n) is 6.53. The Morgan fingerprint density at radius 1 is 1.47 bits per heavy atom. The zero-order chi connectivity index (χ0) is 14.0. The molecule has 2 atom stereocenters. The van der Waals surface area contributed by atoms with E-state index in [2.05, 4.69) is 0 Å². The second kappa shape index (κ2) is 5.67. The summed E-state index contributed by atoms with van der Waals surface area (Å²) in [5, 5.41) is 0. The summed E-state index contributed by atoms with van der Waals surface area (Å²) in [6, 6.07) is 5.98. The third-order valence-corrected chi connectivity index (χ3v) is 3.57. The van der Waals surface area contributed by atoms with Crippen LogP contribution in [-0.4, -0.2) is 43.0 Å². The largest absolute Gasteiger partial charge is 0.330 e. The van der Waals surface area contributed by atoms with Crippen molar-refractivity contribution in [1.82, 2.24) is 4.90 Å². The first-order valence-corrected chi connectivity index (χ1v) is 6.53. The fourth-order valence-electron chi connectivity index (χ4n) is 2.70. The van der Waals surface area contributed by atoms with Gasteiger partial charge in [0.15, 0.2) is 0 Å². The average Bonchev–Trinajstić information content (AvgIpc) is 2.34. The number of halogens is 1. The minimum atomic E-state index is -0.327. The highest BCUT2D eigenvalue weighted by molar-refractivity contribution is 5.98. The van der Waals surface area contributed by atoms with Crippen LogP contribution in [0.5, 0.6) is 0 Å². The second-order valence-electron chi connectivity index (χ2n) is 5.07. The number of likely N-dealkylation sites (N-methyl/N-ethyl adjacent to an activating group) is 1. The number of anilines is 1. The molecule has 1 saturated heterocycles. The van der Waals surface area contributed by atoms with Gasteiger partial charge in [0.25, 0.3) is 0 Å². The summed E-state index contributed by atoms with van der Waals surface area (Å²) >= 11 is 0. The van der Waals surface area contributed by atoms with E-state index in [4.69, 9.17) is 5.73 Å². The van der Waals surface area contributed by atoms with Gasteiger partial charge >= 0.3 is 0 Å². The highest BCUT2D eigenvalue weighted by Crippen LogP contribution is 2.25.